The zero-order valence-electron chi connectivity index (χ0n) is 5.95. The fourth-order valence-electron chi connectivity index (χ4n) is 1.00. The van der Waals surface area contributed by atoms with E-state index in [9.17, 15) is 0 Å². The highest BCUT2D eigenvalue weighted by atomic mass is 32.1. The number of rotatable bonds is 1. The third kappa shape index (κ3) is 1.33. The van der Waals surface area contributed by atoms with Gasteiger partial charge in [0.1, 0.15) is 0 Å². The number of hydrogen-bond donors (Lipinski definition) is 0. The smallest absolute Gasteiger partial charge is 0.00164 e. The molecule has 1 aromatic heterocycles. The van der Waals surface area contributed by atoms with E-state index in [4.69, 9.17) is 0 Å². The van der Waals surface area contributed by atoms with Gasteiger partial charge in [0.2, 0.25) is 0 Å². The molecule has 0 aliphatic rings. The zero-order chi connectivity index (χ0) is 7.52. The number of thiophene rings is 1. The topological polar surface area (TPSA) is 0 Å². The van der Waals surface area contributed by atoms with Crippen LogP contribution in [0.25, 0.3) is 11.1 Å². The van der Waals surface area contributed by atoms with Crippen molar-refractivity contribution < 1.29 is 0 Å². The van der Waals surface area contributed by atoms with Gasteiger partial charge >= 0.3 is 0 Å². The van der Waals surface area contributed by atoms with Crippen molar-refractivity contribution in [1.82, 2.24) is 0 Å². The summed E-state index contributed by atoms with van der Waals surface area (Å²) in [6.07, 6.45) is 0. The van der Waals surface area contributed by atoms with Gasteiger partial charge in [-0.15, -0.1) is 0 Å². The van der Waals surface area contributed by atoms with E-state index in [-0.39, 0.29) is 0 Å². The van der Waals surface area contributed by atoms with Crippen LogP contribution in [-0.4, -0.2) is 0 Å². The van der Waals surface area contributed by atoms with Gasteiger partial charge < -0.3 is 0 Å². The average Bonchev–Trinajstić information content (AvgIpc) is 2.58. The molecule has 1 radical (unpaired) electrons. The molecule has 53 valence electrons. The van der Waals surface area contributed by atoms with Crippen LogP contribution in [0.15, 0.2) is 41.1 Å². The summed E-state index contributed by atoms with van der Waals surface area (Å²) < 4.78 is 0. The van der Waals surface area contributed by atoms with Crippen molar-refractivity contribution in [2.75, 3.05) is 0 Å². The molecule has 1 heterocycles. The van der Waals surface area contributed by atoms with Crippen LogP contribution >= 0.6 is 11.3 Å². The average molecular weight is 159 g/mol. The summed E-state index contributed by atoms with van der Waals surface area (Å²) in [5, 5.41) is 4.08. The molecule has 0 fully saturated rings. The Hall–Kier alpha value is -1.08. The molecule has 1 heteroatoms. The maximum Gasteiger partial charge on any atom is 0.00164 e. The second-order valence-electron chi connectivity index (χ2n) is 2.30. The van der Waals surface area contributed by atoms with E-state index in [1.54, 1.807) is 11.3 Å². The Labute approximate surface area is 70.1 Å². The quantitative estimate of drug-likeness (QED) is 0.599. The molecule has 0 saturated carbocycles. The molecule has 0 N–H and O–H groups in total. The summed E-state index contributed by atoms with van der Waals surface area (Å²) in [6.45, 7) is 0. The van der Waals surface area contributed by atoms with Gasteiger partial charge in [-0.2, -0.15) is 11.3 Å². The van der Waals surface area contributed by atoms with E-state index in [1.165, 1.54) is 11.1 Å². The fourth-order valence-corrected chi connectivity index (χ4v) is 1.61. The largest absolute Gasteiger partial charge is 0.151 e. The Morgan fingerprint density at radius 1 is 1.09 bits per heavy atom. The summed E-state index contributed by atoms with van der Waals surface area (Å²) in [4.78, 5) is 0. The molecular formula is C10H7S. The second-order valence-corrected chi connectivity index (χ2v) is 3.04. The van der Waals surface area contributed by atoms with Crippen molar-refractivity contribution in [3.63, 3.8) is 0 Å². The molecule has 0 aliphatic carbocycles. The minimum atomic E-state index is 1.19. The molecule has 0 atom stereocenters. The van der Waals surface area contributed by atoms with Gasteiger partial charge in [-0.25, -0.2) is 0 Å². The Bertz CT molecular complexity index is 308. The zero-order valence-corrected chi connectivity index (χ0v) is 6.77. The number of benzene rings is 1. The summed E-state index contributed by atoms with van der Waals surface area (Å²) in [5.74, 6) is 0. The molecule has 0 spiro atoms. The van der Waals surface area contributed by atoms with Crippen LogP contribution in [0.2, 0.25) is 0 Å². The second kappa shape index (κ2) is 2.89. The summed E-state index contributed by atoms with van der Waals surface area (Å²) in [6, 6.07) is 13.5. The Balaban J connectivity index is 2.46. The molecule has 1 aromatic carbocycles. The lowest BCUT2D eigenvalue weighted by Crippen LogP contribution is -1.69. The van der Waals surface area contributed by atoms with Crippen molar-refractivity contribution in [1.29, 1.82) is 0 Å². The van der Waals surface area contributed by atoms with E-state index in [2.05, 4.69) is 23.6 Å². The highest BCUT2D eigenvalue weighted by molar-refractivity contribution is 7.08. The van der Waals surface area contributed by atoms with Crippen molar-refractivity contribution >= 4 is 11.3 Å². The van der Waals surface area contributed by atoms with Crippen LogP contribution in [0.1, 0.15) is 0 Å². The molecule has 0 saturated heterocycles. The molecule has 0 nitrogen and oxygen atoms in total. The Kier molecular flexibility index (Phi) is 1.74. The van der Waals surface area contributed by atoms with Gasteiger partial charge in [-0.1, -0.05) is 30.3 Å². The minimum absolute atomic E-state index is 1.19. The standard InChI is InChI=1S/C10H7S/c1-2-4-9(5-3-1)10-6-7-11-8-10/h1-5,7-8H. The summed E-state index contributed by atoms with van der Waals surface area (Å²) >= 11 is 1.68. The maximum atomic E-state index is 3.17. The Morgan fingerprint density at radius 2 is 1.91 bits per heavy atom. The molecular weight excluding hydrogens is 152 g/mol. The van der Waals surface area contributed by atoms with Crippen LogP contribution in [-0.2, 0) is 0 Å². The van der Waals surface area contributed by atoms with E-state index < -0.39 is 0 Å². The Morgan fingerprint density at radius 3 is 2.55 bits per heavy atom. The van der Waals surface area contributed by atoms with Gasteiger partial charge in [0, 0.05) is 11.6 Å². The van der Waals surface area contributed by atoms with Crippen LogP contribution < -0.4 is 0 Å². The molecule has 2 aromatic rings. The fraction of sp³-hybridized carbons (Fsp3) is 0. The van der Waals surface area contributed by atoms with E-state index in [0.29, 0.717) is 0 Å². The van der Waals surface area contributed by atoms with Gasteiger partial charge in [0.05, 0.1) is 0 Å². The highest BCUT2D eigenvalue weighted by Crippen LogP contribution is 2.20. The molecule has 0 bridgehead atoms. The van der Waals surface area contributed by atoms with Gasteiger partial charge in [0.25, 0.3) is 0 Å². The van der Waals surface area contributed by atoms with Gasteiger partial charge in [-0.05, 0) is 16.3 Å². The highest BCUT2D eigenvalue weighted by Gasteiger charge is 1.94. The van der Waals surface area contributed by atoms with Crippen molar-refractivity contribution in [3.8, 4) is 11.1 Å². The van der Waals surface area contributed by atoms with Crippen LogP contribution in [0.4, 0.5) is 0 Å². The van der Waals surface area contributed by atoms with Crippen LogP contribution in [0.3, 0.4) is 0 Å². The normalized spacial score (nSPS) is 9.82. The minimum Gasteiger partial charge on any atom is -0.151 e. The van der Waals surface area contributed by atoms with Crippen LogP contribution in [0, 0.1) is 6.07 Å². The predicted molar refractivity (Wildman–Crippen MR) is 48.6 cm³/mol. The lowest BCUT2D eigenvalue weighted by Gasteiger charge is -1.93. The third-order valence-corrected chi connectivity index (χ3v) is 2.18. The lowest BCUT2D eigenvalue weighted by atomic mass is 10.1. The first-order chi connectivity index (χ1) is 5.47. The van der Waals surface area contributed by atoms with Crippen molar-refractivity contribution in [2.24, 2.45) is 0 Å². The molecule has 2 rings (SSSR count). The molecule has 0 unspecified atom stereocenters. The third-order valence-electron chi connectivity index (χ3n) is 1.55. The van der Waals surface area contributed by atoms with Crippen LogP contribution in [0.5, 0.6) is 0 Å². The van der Waals surface area contributed by atoms with E-state index in [1.807, 2.05) is 23.6 Å². The van der Waals surface area contributed by atoms with Crippen molar-refractivity contribution in [3.05, 3.63) is 47.2 Å². The predicted octanol–water partition coefficient (Wildman–Crippen LogP) is 3.22. The molecule has 11 heavy (non-hydrogen) atoms. The van der Waals surface area contributed by atoms with Crippen molar-refractivity contribution in [2.45, 2.75) is 0 Å². The van der Waals surface area contributed by atoms with E-state index >= 15 is 0 Å². The number of hydrogen-bond acceptors (Lipinski definition) is 1. The summed E-state index contributed by atoms with van der Waals surface area (Å²) in [7, 11) is 0. The first-order valence-corrected chi connectivity index (χ1v) is 4.40. The van der Waals surface area contributed by atoms with Gasteiger partial charge in [0.15, 0.2) is 0 Å². The van der Waals surface area contributed by atoms with E-state index in [0.717, 1.165) is 0 Å². The first-order valence-electron chi connectivity index (χ1n) is 3.46. The summed E-state index contributed by atoms with van der Waals surface area (Å²) in [5.41, 5.74) is 2.43. The monoisotopic (exact) mass is 159 g/mol. The molecule has 0 aliphatic heterocycles. The SMILES string of the molecule is [c]1cscc1-c1ccccc1. The maximum absolute atomic E-state index is 3.17. The van der Waals surface area contributed by atoms with Gasteiger partial charge in [-0.3, -0.25) is 0 Å². The molecule has 0 amide bonds. The first kappa shape index (κ1) is 6.62. The lowest BCUT2D eigenvalue weighted by molar-refractivity contribution is 1.67.